The molecule has 0 rings (SSSR count). The van der Waals surface area contributed by atoms with E-state index in [0.29, 0.717) is 24.7 Å². The second-order valence-electron chi connectivity index (χ2n) is 2.00. The van der Waals surface area contributed by atoms with E-state index in [1.54, 1.807) is 12.2 Å². The maximum absolute atomic E-state index is 5.26. The molecule has 0 aromatic heterocycles. The zero-order valence-electron chi connectivity index (χ0n) is 7.80. The summed E-state index contributed by atoms with van der Waals surface area (Å²) in [6.45, 7) is 12.3. The molecule has 0 aliphatic carbocycles. The van der Waals surface area contributed by atoms with Gasteiger partial charge in [0.05, 0.1) is 13.2 Å². The normalized spacial score (nSPS) is 11.5. The summed E-state index contributed by atoms with van der Waals surface area (Å²) in [6, 6.07) is 0. The summed E-state index contributed by atoms with van der Waals surface area (Å²) in [5.41, 5.74) is 0. The molecule has 0 atom stereocenters. The largest absolute Gasteiger partial charge is 0.490 e. The maximum atomic E-state index is 5.26. The highest BCUT2D eigenvalue weighted by molar-refractivity contribution is 5.21. The Morgan fingerprint density at radius 1 is 1.00 bits per heavy atom. The Labute approximate surface area is 74.2 Å². The average molecular weight is 168 g/mol. The van der Waals surface area contributed by atoms with Crippen molar-refractivity contribution in [1.82, 2.24) is 0 Å². The molecule has 0 bridgehead atoms. The molecule has 0 spiro atoms. The van der Waals surface area contributed by atoms with E-state index in [2.05, 4.69) is 13.2 Å². The first-order valence-electron chi connectivity index (χ1n) is 4.04. The van der Waals surface area contributed by atoms with Gasteiger partial charge in [0.1, 0.15) is 0 Å². The summed E-state index contributed by atoms with van der Waals surface area (Å²) in [5, 5.41) is 0. The van der Waals surface area contributed by atoms with Crippen LogP contribution in [0.5, 0.6) is 0 Å². The monoisotopic (exact) mass is 168 g/mol. The van der Waals surface area contributed by atoms with Crippen molar-refractivity contribution in [2.24, 2.45) is 0 Å². The van der Waals surface area contributed by atoms with Gasteiger partial charge in [-0.15, -0.1) is 0 Å². The van der Waals surface area contributed by atoms with Gasteiger partial charge in [0, 0.05) is 0 Å². The molecule has 0 aromatic rings. The predicted octanol–water partition coefficient (Wildman–Crippen LogP) is 2.64. The van der Waals surface area contributed by atoms with Crippen molar-refractivity contribution in [1.29, 1.82) is 0 Å². The number of hydrogen-bond donors (Lipinski definition) is 0. The lowest BCUT2D eigenvalue weighted by atomic mass is 10.4. The van der Waals surface area contributed by atoms with E-state index in [1.165, 1.54) is 0 Å². The highest BCUT2D eigenvalue weighted by atomic mass is 16.5. The quantitative estimate of drug-likeness (QED) is 0.448. The van der Waals surface area contributed by atoms with Crippen LogP contribution in [0.1, 0.15) is 13.8 Å². The van der Waals surface area contributed by atoms with Crippen molar-refractivity contribution in [3.8, 4) is 0 Å². The molecule has 12 heavy (non-hydrogen) atoms. The average Bonchev–Trinajstić information content (AvgIpc) is 2.11. The summed E-state index contributed by atoms with van der Waals surface area (Å²) in [4.78, 5) is 0. The molecule has 0 N–H and O–H groups in total. The van der Waals surface area contributed by atoms with Gasteiger partial charge in [-0.2, -0.15) is 0 Å². The minimum Gasteiger partial charge on any atom is -0.490 e. The van der Waals surface area contributed by atoms with E-state index in [0.717, 1.165) is 0 Å². The standard InChI is InChI=1S/C10H16O2/c1-5-9(11-7-3)10(6-2)12-8-4/h5-6H,1-2,7-8H2,3-4H3/b10-9-. The number of rotatable bonds is 6. The fourth-order valence-corrected chi connectivity index (χ4v) is 0.772. The molecule has 0 fully saturated rings. The van der Waals surface area contributed by atoms with Crippen molar-refractivity contribution < 1.29 is 9.47 Å². The van der Waals surface area contributed by atoms with E-state index < -0.39 is 0 Å². The lowest BCUT2D eigenvalue weighted by Gasteiger charge is -2.09. The molecular formula is C10H16O2. The van der Waals surface area contributed by atoms with Gasteiger partial charge in [-0.25, -0.2) is 0 Å². The lowest BCUT2D eigenvalue weighted by Crippen LogP contribution is -1.97. The molecular weight excluding hydrogens is 152 g/mol. The van der Waals surface area contributed by atoms with Crippen LogP contribution in [0.4, 0.5) is 0 Å². The Balaban J connectivity index is 4.48. The predicted molar refractivity (Wildman–Crippen MR) is 50.7 cm³/mol. The van der Waals surface area contributed by atoms with E-state index >= 15 is 0 Å². The Bertz CT molecular complexity index is 160. The molecule has 0 aliphatic heterocycles. The summed E-state index contributed by atoms with van der Waals surface area (Å²) < 4.78 is 10.5. The summed E-state index contributed by atoms with van der Waals surface area (Å²) in [6.07, 6.45) is 3.24. The Hall–Kier alpha value is -1.18. The molecule has 0 radical (unpaired) electrons. The van der Waals surface area contributed by atoms with Crippen LogP contribution in [0.25, 0.3) is 0 Å². The number of ether oxygens (including phenoxy) is 2. The van der Waals surface area contributed by atoms with Crippen molar-refractivity contribution >= 4 is 0 Å². The van der Waals surface area contributed by atoms with Crippen LogP contribution in [0.3, 0.4) is 0 Å². The van der Waals surface area contributed by atoms with Gasteiger partial charge < -0.3 is 9.47 Å². The van der Waals surface area contributed by atoms with Crippen molar-refractivity contribution in [2.75, 3.05) is 13.2 Å². The van der Waals surface area contributed by atoms with Crippen LogP contribution >= 0.6 is 0 Å². The number of allylic oxidation sites excluding steroid dienone is 2. The topological polar surface area (TPSA) is 18.5 Å². The molecule has 0 heterocycles. The molecule has 0 saturated carbocycles. The van der Waals surface area contributed by atoms with Crippen LogP contribution in [0, 0.1) is 0 Å². The zero-order chi connectivity index (χ0) is 9.40. The Morgan fingerprint density at radius 2 is 1.33 bits per heavy atom. The fraction of sp³-hybridized carbons (Fsp3) is 0.400. The van der Waals surface area contributed by atoms with Gasteiger partial charge >= 0.3 is 0 Å². The summed E-state index contributed by atoms with van der Waals surface area (Å²) in [5.74, 6) is 1.30. The van der Waals surface area contributed by atoms with Crippen molar-refractivity contribution in [2.45, 2.75) is 13.8 Å². The molecule has 2 nitrogen and oxygen atoms in total. The molecule has 0 aliphatic rings. The highest BCUT2D eigenvalue weighted by Crippen LogP contribution is 2.09. The Morgan fingerprint density at radius 3 is 1.50 bits per heavy atom. The second-order valence-corrected chi connectivity index (χ2v) is 2.00. The molecule has 2 heteroatoms. The molecule has 0 aromatic carbocycles. The highest BCUT2D eigenvalue weighted by Gasteiger charge is 2.00. The third kappa shape index (κ3) is 3.28. The molecule has 0 unspecified atom stereocenters. The van der Waals surface area contributed by atoms with Crippen molar-refractivity contribution in [3.63, 3.8) is 0 Å². The van der Waals surface area contributed by atoms with Gasteiger partial charge in [0.15, 0.2) is 11.5 Å². The number of hydrogen-bond acceptors (Lipinski definition) is 2. The van der Waals surface area contributed by atoms with Crippen LogP contribution < -0.4 is 0 Å². The minimum absolute atomic E-state index is 0.603. The van der Waals surface area contributed by atoms with Gasteiger partial charge in [-0.05, 0) is 26.0 Å². The first-order valence-corrected chi connectivity index (χ1v) is 4.04. The third-order valence-corrected chi connectivity index (χ3v) is 1.21. The van der Waals surface area contributed by atoms with Gasteiger partial charge in [-0.1, -0.05) is 13.2 Å². The zero-order valence-corrected chi connectivity index (χ0v) is 7.80. The smallest absolute Gasteiger partial charge is 0.160 e. The molecule has 0 amide bonds. The second kappa shape index (κ2) is 6.53. The third-order valence-electron chi connectivity index (χ3n) is 1.21. The SMILES string of the molecule is C=C/C(OCC)=C(\C=C)OCC. The van der Waals surface area contributed by atoms with E-state index in [9.17, 15) is 0 Å². The first-order chi connectivity index (χ1) is 5.79. The van der Waals surface area contributed by atoms with Crippen LogP contribution in [0.15, 0.2) is 36.8 Å². The fourth-order valence-electron chi connectivity index (χ4n) is 0.772. The maximum Gasteiger partial charge on any atom is 0.160 e. The lowest BCUT2D eigenvalue weighted by molar-refractivity contribution is 0.184. The minimum atomic E-state index is 0.603. The van der Waals surface area contributed by atoms with Gasteiger partial charge in [0.2, 0.25) is 0 Å². The van der Waals surface area contributed by atoms with E-state index in [-0.39, 0.29) is 0 Å². The van der Waals surface area contributed by atoms with E-state index in [1.807, 2.05) is 13.8 Å². The van der Waals surface area contributed by atoms with Crippen LogP contribution in [-0.2, 0) is 9.47 Å². The summed E-state index contributed by atoms with van der Waals surface area (Å²) in [7, 11) is 0. The summed E-state index contributed by atoms with van der Waals surface area (Å²) >= 11 is 0. The van der Waals surface area contributed by atoms with Crippen molar-refractivity contribution in [3.05, 3.63) is 36.8 Å². The Kier molecular flexibility index (Phi) is 5.88. The van der Waals surface area contributed by atoms with Crippen LogP contribution in [0.2, 0.25) is 0 Å². The molecule has 0 saturated heterocycles. The van der Waals surface area contributed by atoms with Gasteiger partial charge in [0.25, 0.3) is 0 Å². The van der Waals surface area contributed by atoms with E-state index in [4.69, 9.17) is 9.47 Å². The van der Waals surface area contributed by atoms with Crippen LogP contribution in [-0.4, -0.2) is 13.2 Å². The molecule has 68 valence electrons. The first kappa shape index (κ1) is 10.8. The van der Waals surface area contributed by atoms with Gasteiger partial charge in [-0.3, -0.25) is 0 Å².